The molecule has 0 saturated heterocycles. The molecular formula is C12H12INO3. The molecule has 1 aromatic carbocycles. The molecule has 1 saturated carbocycles. The standard InChI is InChI=1S/C12H12INO3/c13-9-4-2-1-3-8(9)7-10(15)14-12(5-6-12)11(16)17/h1-4H,5-7H2,(H,14,15)(H,16,17). The van der Waals surface area contributed by atoms with Gasteiger partial charge in [0.2, 0.25) is 5.91 Å². The summed E-state index contributed by atoms with van der Waals surface area (Å²) < 4.78 is 1.01. The molecule has 0 aromatic heterocycles. The molecule has 0 heterocycles. The predicted octanol–water partition coefficient (Wildman–Crippen LogP) is 1.57. The highest BCUT2D eigenvalue weighted by molar-refractivity contribution is 14.1. The van der Waals surface area contributed by atoms with Crippen LogP contribution in [0.4, 0.5) is 0 Å². The molecule has 1 aliphatic carbocycles. The summed E-state index contributed by atoms with van der Waals surface area (Å²) >= 11 is 2.16. The van der Waals surface area contributed by atoms with Gasteiger partial charge in [0, 0.05) is 3.57 Å². The third-order valence-electron chi connectivity index (χ3n) is 2.85. The molecule has 0 bridgehead atoms. The zero-order valence-electron chi connectivity index (χ0n) is 9.07. The van der Waals surface area contributed by atoms with E-state index in [9.17, 15) is 9.59 Å². The van der Waals surface area contributed by atoms with Gasteiger partial charge in [-0.3, -0.25) is 4.79 Å². The Kier molecular flexibility index (Phi) is 3.37. The topological polar surface area (TPSA) is 66.4 Å². The van der Waals surface area contributed by atoms with E-state index in [0.29, 0.717) is 12.8 Å². The monoisotopic (exact) mass is 345 g/mol. The van der Waals surface area contributed by atoms with Gasteiger partial charge < -0.3 is 10.4 Å². The fourth-order valence-electron chi connectivity index (χ4n) is 1.64. The SMILES string of the molecule is O=C(Cc1ccccc1I)NC1(C(=O)O)CC1. The van der Waals surface area contributed by atoms with Gasteiger partial charge in [0.1, 0.15) is 5.54 Å². The molecule has 0 aliphatic heterocycles. The van der Waals surface area contributed by atoms with Crippen LogP contribution in [0.3, 0.4) is 0 Å². The highest BCUT2D eigenvalue weighted by Gasteiger charge is 2.51. The molecular weight excluding hydrogens is 333 g/mol. The third kappa shape index (κ3) is 2.77. The van der Waals surface area contributed by atoms with Crippen molar-refractivity contribution >= 4 is 34.5 Å². The van der Waals surface area contributed by atoms with Gasteiger partial charge in [-0.1, -0.05) is 18.2 Å². The molecule has 1 aliphatic rings. The minimum Gasteiger partial charge on any atom is -0.480 e. The van der Waals surface area contributed by atoms with Crippen LogP contribution < -0.4 is 5.32 Å². The first-order valence-electron chi connectivity index (χ1n) is 5.31. The van der Waals surface area contributed by atoms with E-state index >= 15 is 0 Å². The van der Waals surface area contributed by atoms with Crippen LogP contribution in [0.5, 0.6) is 0 Å². The van der Waals surface area contributed by atoms with E-state index in [0.717, 1.165) is 9.13 Å². The van der Waals surface area contributed by atoms with Crippen molar-refractivity contribution in [1.29, 1.82) is 0 Å². The van der Waals surface area contributed by atoms with Gasteiger partial charge >= 0.3 is 5.97 Å². The second-order valence-electron chi connectivity index (χ2n) is 4.20. The maximum Gasteiger partial charge on any atom is 0.329 e. The maximum absolute atomic E-state index is 11.7. The van der Waals surface area contributed by atoms with E-state index in [1.807, 2.05) is 24.3 Å². The Morgan fingerprint density at radius 3 is 2.53 bits per heavy atom. The van der Waals surface area contributed by atoms with Crippen molar-refractivity contribution in [2.45, 2.75) is 24.8 Å². The van der Waals surface area contributed by atoms with Crippen molar-refractivity contribution < 1.29 is 14.7 Å². The van der Waals surface area contributed by atoms with Crippen LogP contribution >= 0.6 is 22.6 Å². The van der Waals surface area contributed by atoms with Crippen LogP contribution in [0.15, 0.2) is 24.3 Å². The minimum atomic E-state index is -0.989. The average Bonchev–Trinajstić information content (AvgIpc) is 3.02. The molecule has 1 aromatic rings. The van der Waals surface area contributed by atoms with E-state index in [-0.39, 0.29) is 12.3 Å². The Balaban J connectivity index is 1.99. The first kappa shape index (κ1) is 12.3. The van der Waals surface area contributed by atoms with Crippen LogP contribution in [0.1, 0.15) is 18.4 Å². The number of rotatable bonds is 4. The summed E-state index contributed by atoms with van der Waals surface area (Å²) in [6, 6.07) is 7.58. The second kappa shape index (κ2) is 4.64. The van der Waals surface area contributed by atoms with Crippen molar-refractivity contribution in [2.24, 2.45) is 0 Å². The number of carboxylic acid groups (broad SMARTS) is 1. The Morgan fingerprint density at radius 1 is 1.35 bits per heavy atom. The summed E-state index contributed by atoms with van der Waals surface area (Å²) in [6.07, 6.45) is 1.29. The van der Waals surface area contributed by atoms with E-state index in [4.69, 9.17) is 5.11 Å². The lowest BCUT2D eigenvalue weighted by Crippen LogP contribution is -2.43. The van der Waals surface area contributed by atoms with Crippen molar-refractivity contribution in [3.8, 4) is 0 Å². The van der Waals surface area contributed by atoms with E-state index < -0.39 is 11.5 Å². The van der Waals surface area contributed by atoms with Gasteiger partial charge in [-0.05, 0) is 47.1 Å². The number of carbonyl (C=O) groups is 2. The highest BCUT2D eigenvalue weighted by atomic mass is 127. The van der Waals surface area contributed by atoms with Crippen LogP contribution in [0.25, 0.3) is 0 Å². The van der Waals surface area contributed by atoms with Crippen LogP contribution in [-0.4, -0.2) is 22.5 Å². The number of amides is 1. The Bertz CT molecular complexity index is 469. The Labute approximate surface area is 113 Å². The lowest BCUT2D eigenvalue weighted by Gasteiger charge is -2.12. The zero-order valence-corrected chi connectivity index (χ0v) is 11.2. The predicted molar refractivity (Wildman–Crippen MR) is 70.6 cm³/mol. The first-order chi connectivity index (χ1) is 8.03. The number of carboxylic acids is 1. The van der Waals surface area contributed by atoms with Crippen molar-refractivity contribution in [3.63, 3.8) is 0 Å². The maximum atomic E-state index is 11.7. The number of hydrogen-bond donors (Lipinski definition) is 2. The van der Waals surface area contributed by atoms with Gasteiger partial charge in [0.15, 0.2) is 0 Å². The normalized spacial score (nSPS) is 16.3. The summed E-state index contributed by atoms with van der Waals surface area (Å²) in [5.41, 5.74) is -0.0658. The molecule has 1 fully saturated rings. The quantitative estimate of drug-likeness (QED) is 0.814. The van der Waals surface area contributed by atoms with Crippen LogP contribution in [-0.2, 0) is 16.0 Å². The highest BCUT2D eigenvalue weighted by Crippen LogP contribution is 2.35. The molecule has 0 atom stereocenters. The number of aliphatic carboxylic acids is 1. The fourth-order valence-corrected chi connectivity index (χ4v) is 2.22. The molecule has 2 N–H and O–H groups in total. The van der Waals surface area contributed by atoms with Crippen LogP contribution in [0, 0.1) is 3.57 Å². The molecule has 4 nitrogen and oxygen atoms in total. The molecule has 90 valence electrons. The van der Waals surface area contributed by atoms with Gasteiger partial charge in [-0.15, -0.1) is 0 Å². The summed E-state index contributed by atoms with van der Waals surface area (Å²) in [6.45, 7) is 0. The average molecular weight is 345 g/mol. The van der Waals surface area contributed by atoms with Crippen molar-refractivity contribution in [2.75, 3.05) is 0 Å². The smallest absolute Gasteiger partial charge is 0.329 e. The lowest BCUT2D eigenvalue weighted by molar-refractivity contribution is -0.143. The molecule has 17 heavy (non-hydrogen) atoms. The fraction of sp³-hybridized carbons (Fsp3) is 0.333. The number of benzene rings is 1. The van der Waals surface area contributed by atoms with Crippen LogP contribution in [0.2, 0.25) is 0 Å². The second-order valence-corrected chi connectivity index (χ2v) is 5.37. The molecule has 0 unspecified atom stereocenters. The zero-order chi connectivity index (χ0) is 12.5. The molecule has 2 rings (SSSR count). The van der Waals surface area contributed by atoms with Crippen molar-refractivity contribution in [1.82, 2.24) is 5.32 Å². The molecule has 1 amide bonds. The van der Waals surface area contributed by atoms with Gasteiger partial charge in [-0.2, -0.15) is 0 Å². The van der Waals surface area contributed by atoms with E-state index in [1.54, 1.807) is 0 Å². The summed E-state index contributed by atoms with van der Waals surface area (Å²) in [7, 11) is 0. The lowest BCUT2D eigenvalue weighted by atomic mass is 10.1. The number of nitrogens with one attached hydrogen (secondary N) is 1. The third-order valence-corrected chi connectivity index (χ3v) is 3.90. The van der Waals surface area contributed by atoms with Gasteiger partial charge in [0.25, 0.3) is 0 Å². The summed E-state index contributed by atoms with van der Waals surface area (Å²) in [5.74, 6) is -1.16. The van der Waals surface area contributed by atoms with E-state index in [1.165, 1.54) is 0 Å². The largest absolute Gasteiger partial charge is 0.480 e. The first-order valence-corrected chi connectivity index (χ1v) is 6.39. The van der Waals surface area contributed by atoms with Gasteiger partial charge in [-0.25, -0.2) is 4.79 Å². The van der Waals surface area contributed by atoms with Gasteiger partial charge in [0.05, 0.1) is 6.42 Å². The number of hydrogen-bond acceptors (Lipinski definition) is 2. The van der Waals surface area contributed by atoms with E-state index in [2.05, 4.69) is 27.9 Å². The number of carbonyl (C=O) groups excluding carboxylic acids is 1. The molecule has 5 heteroatoms. The number of halogens is 1. The summed E-state index contributed by atoms with van der Waals surface area (Å²) in [4.78, 5) is 22.7. The minimum absolute atomic E-state index is 0.228. The molecule has 0 radical (unpaired) electrons. The Morgan fingerprint density at radius 2 is 2.00 bits per heavy atom. The summed E-state index contributed by atoms with van der Waals surface area (Å²) in [5, 5.41) is 11.6. The Hall–Kier alpha value is -1.11. The molecule has 0 spiro atoms. The van der Waals surface area contributed by atoms with Crippen molar-refractivity contribution in [3.05, 3.63) is 33.4 Å².